The molecule has 0 bridgehead atoms. The van der Waals surface area contributed by atoms with Crippen molar-refractivity contribution in [1.29, 1.82) is 0 Å². The fourth-order valence-corrected chi connectivity index (χ4v) is 1.88. The third kappa shape index (κ3) is 3.99. The van der Waals surface area contributed by atoms with E-state index in [1.54, 1.807) is 13.0 Å². The van der Waals surface area contributed by atoms with Crippen LogP contribution in [-0.4, -0.2) is 17.8 Å². The van der Waals surface area contributed by atoms with Crippen molar-refractivity contribution in [2.75, 3.05) is 6.54 Å². The molecule has 0 heterocycles. The monoisotopic (exact) mass is 247 g/mol. The summed E-state index contributed by atoms with van der Waals surface area (Å²) in [5.41, 5.74) is 0.988. The second-order valence-corrected chi connectivity index (χ2v) is 4.49. The fraction of sp³-hybridized carbons (Fsp3) is 0.455. The quantitative estimate of drug-likeness (QED) is 0.858. The Morgan fingerprint density at radius 3 is 2.53 bits per heavy atom. The zero-order valence-corrected chi connectivity index (χ0v) is 10.3. The molecule has 0 aliphatic rings. The van der Waals surface area contributed by atoms with Crippen LogP contribution in [0.2, 0.25) is 10.0 Å². The van der Waals surface area contributed by atoms with Gasteiger partial charge >= 0.3 is 0 Å². The van der Waals surface area contributed by atoms with Crippen LogP contribution in [-0.2, 0) is 0 Å². The van der Waals surface area contributed by atoms with Gasteiger partial charge in [-0.25, -0.2) is 0 Å². The topological polar surface area (TPSA) is 32.3 Å². The third-order valence-electron chi connectivity index (χ3n) is 2.15. The minimum Gasteiger partial charge on any atom is -0.392 e. The van der Waals surface area contributed by atoms with E-state index in [1.807, 2.05) is 19.1 Å². The molecule has 2 N–H and O–H groups in total. The van der Waals surface area contributed by atoms with E-state index in [0.29, 0.717) is 16.6 Å². The molecule has 0 amide bonds. The van der Waals surface area contributed by atoms with E-state index < -0.39 is 0 Å². The first-order valence-corrected chi connectivity index (χ1v) is 5.62. The largest absolute Gasteiger partial charge is 0.392 e. The number of halogens is 2. The Morgan fingerprint density at radius 1 is 1.33 bits per heavy atom. The number of hydrogen-bond acceptors (Lipinski definition) is 2. The summed E-state index contributed by atoms with van der Waals surface area (Å²) >= 11 is 11.9. The van der Waals surface area contributed by atoms with Crippen LogP contribution in [0.25, 0.3) is 0 Å². The maximum Gasteiger partial charge on any atom is 0.0636 e. The summed E-state index contributed by atoms with van der Waals surface area (Å²) in [6, 6.07) is 5.52. The zero-order chi connectivity index (χ0) is 11.4. The molecule has 0 unspecified atom stereocenters. The van der Waals surface area contributed by atoms with E-state index >= 15 is 0 Å². The molecule has 0 aliphatic heterocycles. The Labute approximate surface area is 100 Å². The van der Waals surface area contributed by atoms with Gasteiger partial charge in [0.1, 0.15) is 0 Å². The molecule has 0 fully saturated rings. The molecular formula is C11H15Cl2NO. The van der Waals surface area contributed by atoms with Gasteiger partial charge in [0.2, 0.25) is 0 Å². The maximum atomic E-state index is 9.14. The predicted octanol–water partition coefficient (Wildman–Crippen LogP) is 3.02. The molecule has 0 saturated heterocycles. The van der Waals surface area contributed by atoms with Gasteiger partial charge in [-0.2, -0.15) is 0 Å². The zero-order valence-electron chi connectivity index (χ0n) is 8.80. The van der Waals surface area contributed by atoms with E-state index in [4.69, 9.17) is 28.3 Å². The minimum absolute atomic E-state index is 0.101. The van der Waals surface area contributed by atoms with Gasteiger partial charge in [-0.1, -0.05) is 29.3 Å². The predicted molar refractivity (Wildman–Crippen MR) is 64.6 cm³/mol. The number of nitrogens with one attached hydrogen (secondary N) is 1. The first-order valence-electron chi connectivity index (χ1n) is 4.87. The third-order valence-corrected chi connectivity index (χ3v) is 2.71. The summed E-state index contributed by atoms with van der Waals surface area (Å²) in [5.74, 6) is 0. The summed E-state index contributed by atoms with van der Waals surface area (Å²) in [7, 11) is 0. The lowest BCUT2D eigenvalue weighted by atomic mass is 10.1. The summed E-state index contributed by atoms with van der Waals surface area (Å²) in [5, 5.41) is 13.6. The Bertz CT molecular complexity index is 328. The molecule has 0 aromatic heterocycles. The van der Waals surface area contributed by atoms with Gasteiger partial charge in [0, 0.05) is 22.6 Å². The Kier molecular flexibility index (Phi) is 4.87. The van der Waals surface area contributed by atoms with Gasteiger partial charge < -0.3 is 10.4 Å². The number of aliphatic hydroxyl groups excluding tert-OH is 1. The second-order valence-electron chi connectivity index (χ2n) is 3.64. The van der Waals surface area contributed by atoms with Crippen LogP contribution in [0.1, 0.15) is 25.5 Å². The summed E-state index contributed by atoms with van der Waals surface area (Å²) in [6.07, 6.45) is -0.362. The van der Waals surface area contributed by atoms with Crippen LogP contribution in [0.15, 0.2) is 18.2 Å². The van der Waals surface area contributed by atoms with Crippen molar-refractivity contribution >= 4 is 23.2 Å². The van der Waals surface area contributed by atoms with E-state index in [-0.39, 0.29) is 12.1 Å². The van der Waals surface area contributed by atoms with E-state index in [9.17, 15) is 0 Å². The molecule has 84 valence electrons. The highest BCUT2D eigenvalue weighted by molar-refractivity contribution is 6.35. The lowest BCUT2D eigenvalue weighted by Crippen LogP contribution is -2.27. The summed E-state index contributed by atoms with van der Waals surface area (Å²) < 4.78 is 0. The fourth-order valence-electron chi connectivity index (χ4n) is 1.31. The number of rotatable bonds is 4. The highest BCUT2D eigenvalue weighted by Crippen LogP contribution is 2.25. The molecule has 0 spiro atoms. The Hall–Kier alpha value is -0.280. The smallest absolute Gasteiger partial charge is 0.0636 e. The molecule has 0 aliphatic carbocycles. The van der Waals surface area contributed by atoms with Gasteiger partial charge in [0.15, 0.2) is 0 Å². The van der Waals surface area contributed by atoms with Crippen molar-refractivity contribution in [2.24, 2.45) is 0 Å². The van der Waals surface area contributed by atoms with Crippen molar-refractivity contribution in [2.45, 2.75) is 26.0 Å². The summed E-state index contributed by atoms with van der Waals surface area (Å²) in [6.45, 7) is 4.28. The van der Waals surface area contributed by atoms with Crippen LogP contribution in [0.4, 0.5) is 0 Å². The normalized spacial score (nSPS) is 15.0. The summed E-state index contributed by atoms with van der Waals surface area (Å²) in [4.78, 5) is 0. The molecule has 0 saturated carbocycles. The van der Waals surface area contributed by atoms with Crippen LogP contribution in [0.5, 0.6) is 0 Å². The molecule has 2 nitrogen and oxygen atoms in total. The molecule has 15 heavy (non-hydrogen) atoms. The highest BCUT2D eigenvalue weighted by Gasteiger charge is 2.09. The van der Waals surface area contributed by atoms with Crippen LogP contribution >= 0.6 is 23.2 Å². The van der Waals surface area contributed by atoms with Gasteiger partial charge in [0.25, 0.3) is 0 Å². The molecule has 0 radical (unpaired) electrons. The van der Waals surface area contributed by atoms with Crippen LogP contribution in [0, 0.1) is 0 Å². The van der Waals surface area contributed by atoms with Crippen LogP contribution < -0.4 is 5.32 Å². The van der Waals surface area contributed by atoms with E-state index in [0.717, 1.165) is 5.56 Å². The van der Waals surface area contributed by atoms with Gasteiger partial charge in [-0.05, 0) is 31.5 Å². The Balaban J connectivity index is 2.69. The molecule has 1 aromatic rings. The second kappa shape index (κ2) is 5.71. The molecular weight excluding hydrogens is 233 g/mol. The van der Waals surface area contributed by atoms with Gasteiger partial charge in [0.05, 0.1) is 6.10 Å². The standard InChI is InChI=1S/C11H15Cl2NO/c1-7(15)6-14-8(2)10-4-3-9(12)5-11(10)13/h3-5,7-8,14-15H,6H2,1-2H3/t7-,8-/m0/s1. The van der Waals surface area contributed by atoms with Gasteiger partial charge in [-0.3, -0.25) is 0 Å². The molecule has 4 heteroatoms. The number of hydrogen-bond donors (Lipinski definition) is 2. The van der Waals surface area contributed by atoms with Crippen molar-refractivity contribution in [3.8, 4) is 0 Å². The minimum atomic E-state index is -0.362. The lowest BCUT2D eigenvalue weighted by Gasteiger charge is -2.16. The average molecular weight is 248 g/mol. The van der Waals surface area contributed by atoms with Crippen molar-refractivity contribution in [3.63, 3.8) is 0 Å². The number of benzene rings is 1. The first kappa shape index (κ1) is 12.8. The molecule has 2 atom stereocenters. The van der Waals surface area contributed by atoms with E-state index in [1.165, 1.54) is 0 Å². The first-order chi connectivity index (χ1) is 7.00. The molecule has 1 rings (SSSR count). The van der Waals surface area contributed by atoms with E-state index in [2.05, 4.69) is 5.32 Å². The lowest BCUT2D eigenvalue weighted by molar-refractivity contribution is 0.187. The number of aliphatic hydroxyl groups is 1. The highest BCUT2D eigenvalue weighted by atomic mass is 35.5. The maximum absolute atomic E-state index is 9.14. The van der Waals surface area contributed by atoms with Gasteiger partial charge in [-0.15, -0.1) is 0 Å². The average Bonchev–Trinajstić information content (AvgIpc) is 2.14. The Morgan fingerprint density at radius 2 is 2.00 bits per heavy atom. The van der Waals surface area contributed by atoms with Crippen molar-refractivity contribution in [3.05, 3.63) is 33.8 Å². The van der Waals surface area contributed by atoms with Crippen LogP contribution in [0.3, 0.4) is 0 Å². The molecule has 1 aromatic carbocycles. The van der Waals surface area contributed by atoms with Crippen molar-refractivity contribution in [1.82, 2.24) is 5.32 Å². The van der Waals surface area contributed by atoms with Crippen molar-refractivity contribution < 1.29 is 5.11 Å². The SMILES string of the molecule is C[C@H](O)CN[C@@H](C)c1ccc(Cl)cc1Cl.